The van der Waals surface area contributed by atoms with Crippen molar-refractivity contribution in [3.05, 3.63) is 20.8 Å². The highest BCUT2D eigenvalue weighted by atomic mass is 35.5. The zero-order chi connectivity index (χ0) is 13.1. The van der Waals surface area contributed by atoms with E-state index in [-0.39, 0.29) is 18.1 Å². The van der Waals surface area contributed by atoms with Gasteiger partial charge in [0.25, 0.3) is 0 Å². The molecule has 100 valence electrons. The number of thiophene rings is 1. The Morgan fingerprint density at radius 1 is 1.72 bits per heavy atom. The summed E-state index contributed by atoms with van der Waals surface area (Å²) < 4.78 is 5.84. The molecule has 2 unspecified atom stereocenters. The van der Waals surface area contributed by atoms with Crippen LogP contribution < -0.4 is 5.32 Å². The monoisotopic (exact) mass is 287 g/mol. The van der Waals surface area contributed by atoms with E-state index in [1.54, 1.807) is 11.3 Å². The van der Waals surface area contributed by atoms with Gasteiger partial charge in [-0.15, -0.1) is 11.3 Å². The molecule has 18 heavy (non-hydrogen) atoms. The minimum atomic E-state index is -0.278. The molecule has 1 aliphatic rings. The number of hydrogen-bond donors (Lipinski definition) is 1. The van der Waals surface area contributed by atoms with Crippen LogP contribution in [0.2, 0.25) is 4.34 Å². The third-order valence-electron chi connectivity index (χ3n) is 3.18. The van der Waals surface area contributed by atoms with Crippen LogP contribution in [0.4, 0.5) is 0 Å². The van der Waals surface area contributed by atoms with E-state index in [1.807, 2.05) is 19.9 Å². The lowest BCUT2D eigenvalue weighted by molar-refractivity contribution is -0.145. The van der Waals surface area contributed by atoms with Crippen molar-refractivity contribution in [3.63, 3.8) is 0 Å². The van der Waals surface area contributed by atoms with Gasteiger partial charge in [-0.05, 0) is 44.7 Å². The summed E-state index contributed by atoms with van der Waals surface area (Å²) in [4.78, 5) is 13.0. The summed E-state index contributed by atoms with van der Waals surface area (Å²) in [6.45, 7) is 4.09. The van der Waals surface area contributed by atoms with Gasteiger partial charge < -0.3 is 4.74 Å². The fraction of sp³-hybridized carbons (Fsp3) is 0.615. The molecule has 0 aromatic carbocycles. The number of ether oxygens (including phenoxy) is 1. The molecular formula is C13H18ClNO2S. The zero-order valence-corrected chi connectivity index (χ0v) is 12.2. The third-order valence-corrected chi connectivity index (χ3v) is 4.51. The lowest BCUT2D eigenvalue weighted by Gasteiger charge is -2.26. The van der Waals surface area contributed by atoms with Crippen LogP contribution in [0, 0.1) is 0 Å². The lowest BCUT2D eigenvalue weighted by atomic mass is 9.93. The molecule has 2 rings (SSSR count). The first kappa shape index (κ1) is 13.8. The number of nitrogens with one attached hydrogen (secondary N) is 1. The van der Waals surface area contributed by atoms with E-state index in [0.717, 1.165) is 23.6 Å². The predicted octanol–water partition coefficient (Wildman–Crippen LogP) is 3.32. The van der Waals surface area contributed by atoms with Crippen LogP contribution in [-0.2, 0) is 16.0 Å². The molecule has 0 saturated heterocycles. The van der Waals surface area contributed by atoms with Gasteiger partial charge >= 0.3 is 5.97 Å². The molecule has 0 amide bonds. The van der Waals surface area contributed by atoms with Crippen LogP contribution in [0.15, 0.2) is 6.07 Å². The van der Waals surface area contributed by atoms with Gasteiger partial charge in [0.1, 0.15) is 6.04 Å². The Morgan fingerprint density at radius 2 is 2.50 bits per heavy atom. The van der Waals surface area contributed by atoms with Crippen molar-refractivity contribution in [2.75, 3.05) is 6.61 Å². The molecule has 1 heterocycles. The highest BCUT2D eigenvalue weighted by molar-refractivity contribution is 7.16. The van der Waals surface area contributed by atoms with E-state index in [0.29, 0.717) is 6.61 Å². The fourth-order valence-electron chi connectivity index (χ4n) is 2.33. The van der Waals surface area contributed by atoms with Crippen LogP contribution in [0.1, 0.15) is 43.2 Å². The number of fused-ring (bicyclic) bond motifs is 1. The van der Waals surface area contributed by atoms with Gasteiger partial charge in [0.2, 0.25) is 0 Å². The lowest BCUT2D eigenvalue weighted by Crippen LogP contribution is -2.38. The Balaban J connectivity index is 2.04. The van der Waals surface area contributed by atoms with Crippen molar-refractivity contribution in [1.82, 2.24) is 5.32 Å². The van der Waals surface area contributed by atoms with Crippen molar-refractivity contribution < 1.29 is 9.53 Å². The standard InChI is InChI=1S/C13H18ClNO2S/c1-3-17-13(16)8(2)15-10-5-4-6-11-9(10)7-12(14)18-11/h7-8,10,15H,3-6H2,1-2H3. The Kier molecular flexibility index (Phi) is 4.65. The van der Waals surface area contributed by atoms with Crippen molar-refractivity contribution in [3.8, 4) is 0 Å². The molecule has 1 aromatic heterocycles. The van der Waals surface area contributed by atoms with Crippen LogP contribution in [0.3, 0.4) is 0 Å². The van der Waals surface area contributed by atoms with Crippen molar-refractivity contribution in [2.45, 2.75) is 45.2 Å². The number of rotatable bonds is 4. The molecule has 5 heteroatoms. The number of carbonyl (C=O) groups is 1. The van der Waals surface area contributed by atoms with Gasteiger partial charge in [-0.1, -0.05) is 11.6 Å². The zero-order valence-electron chi connectivity index (χ0n) is 10.7. The molecule has 0 saturated carbocycles. The summed E-state index contributed by atoms with van der Waals surface area (Å²) in [6, 6.07) is 1.97. The molecule has 1 aromatic rings. The summed E-state index contributed by atoms with van der Waals surface area (Å²) in [5.74, 6) is -0.189. The smallest absolute Gasteiger partial charge is 0.322 e. The largest absolute Gasteiger partial charge is 0.465 e. The highest BCUT2D eigenvalue weighted by Gasteiger charge is 2.26. The first-order valence-corrected chi connectivity index (χ1v) is 7.52. The molecule has 0 spiro atoms. The van der Waals surface area contributed by atoms with E-state index >= 15 is 0 Å². The third kappa shape index (κ3) is 3.05. The number of halogens is 1. The van der Waals surface area contributed by atoms with Crippen molar-refractivity contribution in [2.24, 2.45) is 0 Å². The van der Waals surface area contributed by atoms with Gasteiger partial charge in [-0.25, -0.2) is 0 Å². The average molecular weight is 288 g/mol. The molecule has 1 aliphatic carbocycles. The number of hydrogen-bond acceptors (Lipinski definition) is 4. The second kappa shape index (κ2) is 6.04. The molecule has 0 bridgehead atoms. The molecule has 0 aliphatic heterocycles. The van der Waals surface area contributed by atoms with Crippen LogP contribution in [0.25, 0.3) is 0 Å². The van der Waals surface area contributed by atoms with E-state index < -0.39 is 0 Å². The highest BCUT2D eigenvalue weighted by Crippen LogP contribution is 2.37. The van der Waals surface area contributed by atoms with Gasteiger partial charge in [0.05, 0.1) is 10.9 Å². The van der Waals surface area contributed by atoms with Crippen molar-refractivity contribution >= 4 is 28.9 Å². The first-order chi connectivity index (χ1) is 8.61. The molecule has 1 N–H and O–H groups in total. The minimum Gasteiger partial charge on any atom is -0.465 e. The Bertz CT molecular complexity index is 433. The number of esters is 1. The summed E-state index contributed by atoms with van der Waals surface area (Å²) in [5.41, 5.74) is 1.26. The molecule has 2 atom stereocenters. The van der Waals surface area contributed by atoms with Gasteiger partial charge in [-0.2, -0.15) is 0 Å². The maximum absolute atomic E-state index is 11.6. The van der Waals surface area contributed by atoms with E-state index in [9.17, 15) is 4.79 Å². The quantitative estimate of drug-likeness (QED) is 0.864. The molecule has 0 fully saturated rings. The van der Waals surface area contributed by atoms with Gasteiger partial charge in [0, 0.05) is 10.9 Å². The fourth-order valence-corrected chi connectivity index (χ4v) is 3.72. The van der Waals surface area contributed by atoms with Crippen molar-refractivity contribution in [1.29, 1.82) is 0 Å². The number of aryl methyl sites for hydroxylation is 1. The molecule has 0 radical (unpaired) electrons. The second-order valence-corrected chi connectivity index (χ2v) is 6.28. The van der Waals surface area contributed by atoms with Gasteiger partial charge in [0.15, 0.2) is 0 Å². The average Bonchev–Trinajstić information content (AvgIpc) is 2.71. The predicted molar refractivity (Wildman–Crippen MR) is 74.2 cm³/mol. The minimum absolute atomic E-state index is 0.189. The topological polar surface area (TPSA) is 38.3 Å². The second-order valence-electron chi connectivity index (χ2n) is 4.51. The summed E-state index contributed by atoms with van der Waals surface area (Å²) in [5, 5.41) is 3.35. The molecule has 3 nitrogen and oxygen atoms in total. The maximum atomic E-state index is 11.6. The summed E-state index contributed by atoms with van der Waals surface area (Å²) >= 11 is 7.71. The Labute approximate surface area is 116 Å². The summed E-state index contributed by atoms with van der Waals surface area (Å²) in [7, 11) is 0. The van der Waals surface area contributed by atoms with Crippen LogP contribution in [0.5, 0.6) is 0 Å². The SMILES string of the molecule is CCOC(=O)C(C)NC1CCCc2sc(Cl)cc21. The Hall–Kier alpha value is -0.580. The molecular weight excluding hydrogens is 270 g/mol. The number of carbonyl (C=O) groups excluding carboxylic acids is 1. The van der Waals surface area contributed by atoms with E-state index in [1.165, 1.54) is 10.4 Å². The maximum Gasteiger partial charge on any atom is 0.322 e. The van der Waals surface area contributed by atoms with Crippen LogP contribution >= 0.6 is 22.9 Å². The van der Waals surface area contributed by atoms with E-state index in [2.05, 4.69) is 5.32 Å². The van der Waals surface area contributed by atoms with Gasteiger partial charge in [-0.3, -0.25) is 10.1 Å². The normalized spacial score (nSPS) is 20.3. The van der Waals surface area contributed by atoms with E-state index in [4.69, 9.17) is 16.3 Å². The Morgan fingerprint density at radius 3 is 3.22 bits per heavy atom. The first-order valence-electron chi connectivity index (χ1n) is 6.32. The summed E-state index contributed by atoms with van der Waals surface area (Å²) in [6.07, 6.45) is 3.28. The van der Waals surface area contributed by atoms with Crippen LogP contribution in [-0.4, -0.2) is 18.6 Å².